The lowest BCUT2D eigenvalue weighted by atomic mass is 10.1. The van der Waals surface area contributed by atoms with Crippen molar-refractivity contribution in [2.24, 2.45) is 11.8 Å². The van der Waals surface area contributed by atoms with Crippen LogP contribution in [0.15, 0.2) is 30.7 Å². The summed E-state index contributed by atoms with van der Waals surface area (Å²) < 4.78 is 2.30. The van der Waals surface area contributed by atoms with E-state index in [4.69, 9.17) is 0 Å². The van der Waals surface area contributed by atoms with Crippen molar-refractivity contribution in [3.63, 3.8) is 0 Å². The Morgan fingerprint density at radius 1 is 1.20 bits per heavy atom. The molecular weight excluding hydrogens is 312 g/mol. The topological polar surface area (TPSA) is 51.0 Å². The SMILES string of the molecule is Cc1cnc(-c2ccncc2)n1CC1CCN(C(=O)C2CCCC2)C1. The van der Waals surface area contributed by atoms with Crippen LogP contribution in [0.5, 0.6) is 0 Å². The lowest BCUT2D eigenvalue weighted by molar-refractivity contribution is -0.134. The molecular formula is C20H26N4O. The zero-order chi connectivity index (χ0) is 17.2. The van der Waals surface area contributed by atoms with Crippen LogP contribution in [0.4, 0.5) is 0 Å². The number of hydrogen-bond acceptors (Lipinski definition) is 3. The first-order chi connectivity index (χ1) is 12.2. The number of aryl methyl sites for hydroxylation is 1. The van der Waals surface area contributed by atoms with Gasteiger partial charge in [0.25, 0.3) is 0 Å². The summed E-state index contributed by atoms with van der Waals surface area (Å²) in [6.07, 6.45) is 11.3. The molecule has 0 bridgehead atoms. The fraction of sp³-hybridized carbons (Fsp3) is 0.550. The highest BCUT2D eigenvalue weighted by atomic mass is 16.2. The van der Waals surface area contributed by atoms with Crippen molar-refractivity contribution in [2.45, 2.75) is 45.6 Å². The molecule has 132 valence electrons. The number of carbonyl (C=O) groups excluding carboxylic acids is 1. The molecule has 2 aromatic heterocycles. The molecule has 1 unspecified atom stereocenters. The number of likely N-dealkylation sites (tertiary alicyclic amines) is 1. The average Bonchev–Trinajstić information content (AvgIpc) is 3.38. The van der Waals surface area contributed by atoms with Gasteiger partial charge in [-0.25, -0.2) is 4.98 Å². The molecule has 0 aromatic carbocycles. The summed E-state index contributed by atoms with van der Waals surface area (Å²) in [7, 11) is 0. The maximum atomic E-state index is 12.7. The normalized spacial score (nSPS) is 21.2. The van der Waals surface area contributed by atoms with Gasteiger partial charge in [0, 0.05) is 55.4 Å². The van der Waals surface area contributed by atoms with Crippen LogP contribution >= 0.6 is 0 Å². The minimum absolute atomic E-state index is 0.293. The first-order valence-electron chi connectivity index (χ1n) is 9.43. The second kappa shape index (κ2) is 6.98. The van der Waals surface area contributed by atoms with Crippen molar-refractivity contribution >= 4 is 5.91 Å². The van der Waals surface area contributed by atoms with Gasteiger partial charge >= 0.3 is 0 Å². The van der Waals surface area contributed by atoms with E-state index < -0.39 is 0 Å². The number of pyridine rings is 1. The minimum Gasteiger partial charge on any atom is -0.342 e. The number of imidazole rings is 1. The smallest absolute Gasteiger partial charge is 0.225 e. The molecule has 1 amide bonds. The largest absolute Gasteiger partial charge is 0.342 e. The summed E-state index contributed by atoms with van der Waals surface area (Å²) in [6, 6.07) is 4.01. The van der Waals surface area contributed by atoms with E-state index in [9.17, 15) is 4.79 Å². The highest BCUT2D eigenvalue weighted by Gasteiger charge is 2.32. The molecule has 0 N–H and O–H groups in total. The summed E-state index contributed by atoms with van der Waals surface area (Å²) in [5.74, 6) is 2.21. The van der Waals surface area contributed by atoms with Crippen LogP contribution in [0.1, 0.15) is 37.8 Å². The van der Waals surface area contributed by atoms with Gasteiger partial charge in [-0.2, -0.15) is 0 Å². The van der Waals surface area contributed by atoms with Gasteiger partial charge in [0.1, 0.15) is 5.82 Å². The molecule has 4 rings (SSSR count). The lowest BCUT2D eigenvalue weighted by Gasteiger charge is -2.21. The molecule has 2 fully saturated rings. The van der Waals surface area contributed by atoms with E-state index in [2.05, 4.69) is 26.4 Å². The molecule has 5 nitrogen and oxygen atoms in total. The van der Waals surface area contributed by atoms with Crippen LogP contribution in [-0.2, 0) is 11.3 Å². The van der Waals surface area contributed by atoms with E-state index in [1.165, 1.54) is 18.5 Å². The Morgan fingerprint density at radius 3 is 2.72 bits per heavy atom. The monoisotopic (exact) mass is 338 g/mol. The average molecular weight is 338 g/mol. The molecule has 1 aliphatic carbocycles. The predicted molar refractivity (Wildman–Crippen MR) is 96.8 cm³/mol. The van der Waals surface area contributed by atoms with Crippen LogP contribution in [0, 0.1) is 18.8 Å². The number of amides is 1. The van der Waals surface area contributed by atoms with Crippen molar-refractivity contribution in [2.75, 3.05) is 13.1 Å². The number of nitrogens with zero attached hydrogens (tertiary/aromatic N) is 4. The molecule has 5 heteroatoms. The van der Waals surface area contributed by atoms with E-state index >= 15 is 0 Å². The standard InChI is InChI=1S/C20H26N4O/c1-15-12-22-19(17-6-9-21-10-7-17)24(15)14-16-8-11-23(13-16)20(25)18-4-2-3-5-18/h6-7,9-10,12,16,18H,2-5,8,11,13-14H2,1H3. The van der Waals surface area contributed by atoms with Crippen LogP contribution in [-0.4, -0.2) is 38.4 Å². The molecule has 1 atom stereocenters. The molecule has 1 aliphatic heterocycles. The Bertz CT molecular complexity index is 733. The highest BCUT2D eigenvalue weighted by molar-refractivity contribution is 5.79. The van der Waals surface area contributed by atoms with Crippen LogP contribution < -0.4 is 0 Å². The molecule has 2 aromatic rings. The van der Waals surface area contributed by atoms with E-state index in [1.54, 1.807) is 12.4 Å². The van der Waals surface area contributed by atoms with Crippen molar-refractivity contribution in [3.8, 4) is 11.4 Å². The second-order valence-electron chi connectivity index (χ2n) is 7.49. The minimum atomic E-state index is 0.293. The first-order valence-corrected chi connectivity index (χ1v) is 9.43. The van der Waals surface area contributed by atoms with E-state index in [-0.39, 0.29) is 0 Å². The maximum Gasteiger partial charge on any atom is 0.225 e. The lowest BCUT2D eigenvalue weighted by Crippen LogP contribution is -2.33. The van der Waals surface area contributed by atoms with Gasteiger partial charge in [-0.15, -0.1) is 0 Å². The second-order valence-corrected chi connectivity index (χ2v) is 7.49. The Balaban J connectivity index is 1.45. The van der Waals surface area contributed by atoms with Crippen LogP contribution in [0.2, 0.25) is 0 Å². The molecule has 1 saturated heterocycles. The molecule has 0 radical (unpaired) electrons. The van der Waals surface area contributed by atoms with E-state index in [0.29, 0.717) is 17.7 Å². The number of rotatable bonds is 4. The summed E-state index contributed by atoms with van der Waals surface area (Å²) in [4.78, 5) is 23.5. The molecule has 2 aliphatic rings. The van der Waals surface area contributed by atoms with Gasteiger partial charge in [0.2, 0.25) is 5.91 Å². The molecule has 25 heavy (non-hydrogen) atoms. The zero-order valence-corrected chi connectivity index (χ0v) is 14.9. The van der Waals surface area contributed by atoms with Crippen molar-refractivity contribution in [1.82, 2.24) is 19.4 Å². The molecule has 3 heterocycles. The third-order valence-electron chi connectivity index (χ3n) is 5.74. The van der Waals surface area contributed by atoms with E-state index in [0.717, 1.165) is 50.3 Å². The van der Waals surface area contributed by atoms with Gasteiger partial charge < -0.3 is 9.47 Å². The Kier molecular flexibility index (Phi) is 4.55. The van der Waals surface area contributed by atoms with Crippen molar-refractivity contribution < 1.29 is 4.79 Å². The number of hydrogen-bond donors (Lipinski definition) is 0. The zero-order valence-electron chi connectivity index (χ0n) is 14.9. The summed E-state index contributed by atoms with van der Waals surface area (Å²) in [5.41, 5.74) is 2.27. The third-order valence-corrected chi connectivity index (χ3v) is 5.74. The third kappa shape index (κ3) is 3.32. The van der Waals surface area contributed by atoms with Gasteiger partial charge in [0.15, 0.2) is 0 Å². The van der Waals surface area contributed by atoms with Crippen LogP contribution in [0.25, 0.3) is 11.4 Å². The maximum absolute atomic E-state index is 12.7. The molecule has 1 saturated carbocycles. The Morgan fingerprint density at radius 2 is 1.96 bits per heavy atom. The van der Waals surface area contributed by atoms with Gasteiger partial charge in [-0.3, -0.25) is 9.78 Å². The number of aromatic nitrogens is 3. The molecule has 0 spiro atoms. The fourth-order valence-electron chi connectivity index (χ4n) is 4.29. The van der Waals surface area contributed by atoms with Crippen LogP contribution in [0.3, 0.4) is 0 Å². The summed E-state index contributed by atoms with van der Waals surface area (Å²) >= 11 is 0. The predicted octanol–water partition coefficient (Wildman–Crippen LogP) is 3.29. The van der Waals surface area contributed by atoms with Gasteiger partial charge in [-0.05, 0) is 44.2 Å². The summed E-state index contributed by atoms with van der Waals surface area (Å²) in [5, 5.41) is 0. The van der Waals surface area contributed by atoms with Crippen molar-refractivity contribution in [1.29, 1.82) is 0 Å². The Labute approximate surface area is 149 Å². The Hall–Kier alpha value is -2.17. The quantitative estimate of drug-likeness (QED) is 0.859. The number of carbonyl (C=O) groups is 1. The van der Waals surface area contributed by atoms with Gasteiger partial charge in [-0.1, -0.05) is 12.8 Å². The summed E-state index contributed by atoms with van der Waals surface area (Å²) in [6.45, 7) is 4.84. The fourth-order valence-corrected chi connectivity index (χ4v) is 4.29. The van der Waals surface area contributed by atoms with Gasteiger partial charge in [0.05, 0.1) is 0 Å². The van der Waals surface area contributed by atoms with Crippen molar-refractivity contribution in [3.05, 3.63) is 36.4 Å². The van der Waals surface area contributed by atoms with E-state index in [1.807, 2.05) is 18.3 Å². The highest BCUT2D eigenvalue weighted by Crippen LogP contribution is 2.30. The first kappa shape index (κ1) is 16.3.